The van der Waals surface area contributed by atoms with Gasteiger partial charge in [0.25, 0.3) is 5.91 Å². The number of hydrogen-bond acceptors (Lipinski definition) is 3. The van der Waals surface area contributed by atoms with Gasteiger partial charge in [-0.3, -0.25) is 9.59 Å². The van der Waals surface area contributed by atoms with Gasteiger partial charge in [0.15, 0.2) is 0 Å². The van der Waals surface area contributed by atoms with E-state index < -0.39 is 0 Å². The lowest BCUT2D eigenvalue weighted by molar-refractivity contribution is -0.130. The normalized spacial score (nSPS) is 10.3. The minimum absolute atomic E-state index is 0.0192. The Balaban J connectivity index is 1.83. The summed E-state index contributed by atoms with van der Waals surface area (Å²) >= 11 is 0. The van der Waals surface area contributed by atoms with Crippen molar-refractivity contribution in [3.63, 3.8) is 0 Å². The van der Waals surface area contributed by atoms with Crippen LogP contribution in [0.1, 0.15) is 33.5 Å². The van der Waals surface area contributed by atoms with Crippen molar-refractivity contribution in [2.45, 2.75) is 26.8 Å². The van der Waals surface area contributed by atoms with Gasteiger partial charge in [-0.25, -0.2) is 0 Å². The molecule has 138 valence electrons. The van der Waals surface area contributed by atoms with E-state index >= 15 is 0 Å². The number of carbonyl (C=O) groups excluding carboxylic acids is 2. The monoisotopic (exact) mass is 354 g/mol. The topological polar surface area (TPSA) is 58.6 Å². The van der Waals surface area contributed by atoms with Gasteiger partial charge in [-0.1, -0.05) is 24.3 Å². The van der Waals surface area contributed by atoms with Crippen molar-refractivity contribution in [1.82, 2.24) is 10.2 Å². The molecule has 5 heteroatoms. The smallest absolute Gasteiger partial charge is 0.251 e. The number of ether oxygens (including phenoxy) is 1. The first-order valence-corrected chi connectivity index (χ1v) is 8.66. The number of nitrogens with zero attached hydrogens (tertiary/aromatic N) is 1. The quantitative estimate of drug-likeness (QED) is 0.831. The van der Waals surface area contributed by atoms with Crippen molar-refractivity contribution in [3.05, 3.63) is 64.7 Å². The number of rotatable bonds is 7. The second-order valence-corrected chi connectivity index (χ2v) is 6.32. The zero-order valence-corrected chi connectivity index (χ0v) is 15.8. The van der Waals surface area contributed by atoms with Crippen molar-refractivity contribution in [2.24, 2.45) is 0 Å². The Kier molecular flexibility index (Phi) is 6.78. The third-order valence-electron chi connectivity index (χ3n) is 4.42. The van der Waals surface area contributed by atoms with Gasteiger partial charge in [-0.15, -0.1) is 0 Å². The lowest BCUT2D eigenvalue weighted by Gasteiger charge is -2.18. The molecule has 5 nitrogen and oxygen atoms in total. The van der Waals surface area contributed by atoms with E-state index in [1.807, 2.05) is 44.2 Å². The number of carbonyl (C=O) groups is 2. The lowest BCUT2D eigenvalue weighted by atomic mass is 10.1. The molecule has 26 heavy (non-hydrogen) atoms. The fraction of sp³-hybridized carbons (Fsp3) is 0.333. The van der Waals surface area contributed by atoms with Crippen molar-refractivity contribution in [2.75, 3.05) is 20.7 Å². The fourth-order valence-corrected chi connectivity index (χ4v) is 2.59. The molecule has 0 aliphatic rings. The summed E-state index contributed by atoms with van der Waals surface area (Å²) in [4.78, 5) is 25.5. The molecule has 2 aromatic rings. The molecule has 0 aliphatic heterocycles. The Bertz CT molecular complexity index is 769. The van der Waals surface area contributed by atoms with Crippen LogP contribution in [0.2, 0.25) is 0 Å². The van der Waals surface area contributed by atoms with Crippen LogP contribution < -0.4 is 10.1 Å². The van der Waals surface area contributed by atoms with Gasteiger partial charge < -0.3 is 15.0 Å². The third-order valence-corrected chi connectivity index (χ3v) is 4.42. The number of nitrogens with one attached hydrogen (secondary N) is 1. The maximum absolute atomic E-state index is 12.3. The molecule has 2 amide bonds. The van der Waals surface area contributed by atoms with Crippen LogP contribution in [0.3, 0.4) is 0 Å². The summed E-state index contributed by atoms with van der Waals surface area (Å²) in [5.74, 6) is 0.723. The predicted octanol–water partition coefficient (Wildman–Crippen LogP) is 3.09. The second-order valence-electron chi connectivity index (χ2n) is 6.32. The first-order valence-electron chi connectivity index (χ1n) is 8.66. The Morgan fingerprint density at radius 2 is 1.77 bits per heavy atom. The molecule has 0 fully saturated rings. The largest absolute Gasteiger partial charge is 0.493 e. The van der Waals surface area contributed by atoms with Gasteiger partial charge >= 0.3 is 0 Å². The van der Waals surface area contributed by atoms with Crippen LogP contribution in [0.25, 0.3) is 0 Å². The summed E-state index contributed by atoms with van der Waals surface area (Å²) in [6.07, 6.45) is 0.320. The molecule has 0 aromatic heterocycles. The highest BCUT2D eigenvalue weighted by molar-refractivity contribution is 5.93. The van der Waals surface area contributed by atoms with Crippen molar-refractivity contribution in [3.8, 4) is 5.75 Å². The summed E-state index contributed by atoms with van der Waals surface area (Å²) in [5.41, 5.74) is 3.85. The molecule has 0 radical (unpaired) electrons. The molecule has 0 unspecified atom stereocenters. The molecule has 0 heterocycles. The average molecular weight is 354 g/mol. The highest BCUT2D eigenvalue weighted by atomic mass is 16.5. The fourth-order valence-electron chi connectivity index (χ4n) is 2.59. The number of hydrogen-bond donors (Lipinski definition) is 1. The summed E-state index contributed by atoms with van der Waals surface area (Å²) in [6, 6.07) is 13.2. The van der Waals surface area contributed by atoms with Gasteiger partial charge in [-0.2, -0.15) is 0 Å². The van der Waals surface area contributed by atoms with Crippen molar-refractivity contribution >= 4 is 11.8 Å². The molecule has 1 N–H and O–H groups in total. The van der Waals surface area contributed by atoms with E-state index in [4.69, 9.17) is 4.74 Å². The average Bonchev–Trinajstić information content (AvgIpc) is 2.65. The van der Waals surface area contributed by atoms with E-state index in [9.17, 15) is 9.59 Å². The van der Waals surface area contributed by atoms with Gasteiger partial charge in [0.05, 0.1) is 13.0 Å². The number of amides is 2. The van der Waals surface area contributed by atoms with E-state index in [0.717, 1.165) is 16.9 Å². The van der Waals surface area contributed by atoms with Crippen LogP contribution in [0, 0.1) is 13.8 Å². The Morgan fingerprint density at radius 1 is 1.08 bits per heavy atom. The second kappa shape index (κ2) is 9.04. The number of aryl methyl sites for hydroxylation is 1. The summed E-state index contributed by atoms with van der Waals surface area (Å²) < 4.78 is 5.75. The van der Waals surface area contributed by atoms with Crippen molar-refractivity contribution in [1.29, 1.82) is 0 Å². The summed E-state index contributed by atoms with van der Waals surface area (Å²) in [7, 11) is 3.37. The first kappa shape index (κ1) is 19.5. The van der Waals surface area contributed by atoms with Crippen LogP contribution in [0.5, 0.6) is 5.75 Å². The van der Waals surface area contributed by atoms with Crippen LogP contribution in [-0.2, 0) is 11.3 Å². The van der Waals surface area contributed by atoms with Crippen LogP contribution in [-0.4, -0.2) is 37.4 Å². The van der Waals surface area contributed by atoms with Gasteiger partial charge in [0.1, 0.15) is 5.75 Å². The highest BCUT2D eigenvalue weighted by Crippen LogP contribution is 2.20. The van der Waals surface area contributed by atoms with E-state index in [-0.39, 0.29) is 11.8 Å². The maximum atomic E-state index is 12.3. The molecule has 2 aromatic carbocycles. The number of benzene rings is 2. The van der Waals surface area contributed by atoms with Crippen LogP contribution in [0.15, 0.2) is 42.5 Å². The predicted molar refractivity (Wildman–Crippen MR) is 102 cm³/mol. The maximum Gasteiger partial charge on any atom is 0.251 e. The molecule has 0 saturated carbocycles. The standard InChI is InChI=1S/C21H26N2O3/c1-15-6-5-7-19(16(15)2)26-13-12-20(24)23(4)14-17-8-10-18(11-9-17)21(25)22-3/h5-11H,12-14H2,1-4H3,(H,22,25). The zero-order chi connectivity index (χ0) is 19.1. The molecule has 0 atom stereocenters. The minimum Gasteiger partial charge on any atom is -0.493 e. The Morgan fingerprint density at radius 3 is 2.42 bits per heavy atom. The molecule has 0 aliphatic carbocycles. The van der Waals surface area contributed by atoms with E-state index in [0.29, 0.717) is 25.1 Å². The van der Waals surface area contributed by atoms with Gasteiger partial charge in [-0.05, 0) is 48.7 Å². The molecule has 0 saturated heterocycles. The SMILES string of the molecule is CNC(=O)c1ccc(CN(C)C(=O)CCOc2cccc(C)c2C)cc1. The third kappa shape index (κ3) is 5.09. The van der Waals surface area contributed by atoms with E-state index in [1.54, 1.807) is 31.1 Å². The molecule has 0 spiro atoms. The first-order chi connectivity index (χ1) is 12.4. The van der Waals surface area contributed by atoms with Gasteiger partial charge in [0, 0.05) is 26.2 Å². The summed E-state index contributed by atoms with van der Waals surface area (Å²) in [6.45, 7) is 4.90. The van der Waals surface area contributed by atoms with Crippen LogP contribution in [0.4, 0.5) is 0 Å². The highest BCUT2D eigenvalue weighted by Gasteiger charge is 2.11. The van der Waals surface area contributed by atoms with E-state index in [2.05, 4.69) is 5.32 Å². The zero-order valence-electron chi connectivity index (χ0n) is 15.8. The molecule has 0 bridgehead atoms. The Labute approximate surface area is 155 Å². The lowest BCUT2D eigenvalue weighted by Crippen LogP contribution is -2.27. The molecule has 2 rings (SSSR count). The van der Waals surface area contributed by atoms with Gasteiger partial charge in [0.2, 0.25) is 5.91 Å². The minimum atomic E-state index is -0.121. The van der Waals surface area contributed by atoms with Crippen LogP contribution >= 0.6 is 0 Å². The Hall–Kier alpha value is -2.82. The molecular weight excluding hydrogens is 328 g/mol. The van der Waals surface area contributed by atoms with Crippen molar-refractivity contribution < 1.29 is 14.3 Å². The molecular formula is C21H26N2O3. The van der Waals surface area contributed by atoms with E-state index in [1.165, 1.54) is 5.56 Å². The summed E-state index contributed by atoms with van der Waals surface area (Å²) in [5, 5.41) is 2.59.